The summed E-state index contributed by atoms with van der Waals surface area (Å²) >= 11 is 0. The summed E-state index contributed by atoms with van der Waals surface area (Å²) in [6.07, 6.45) is 11.4. The smallest absolute Gasteiger partial charge is 0.306 e. The van der Waals surface area contributed by atoms with Crippen molar-refractivity contribution in [1.82, 2.24) is 5.32 Å². The number of carbonyl (C=O) groups is 2. The Labute approximate surface area is 168 Å². The molecule has 4 heteroatoms. The molecule has 0 saturated heterocycles. The fourth-order valence-corrected chi connectivity index (χ4v) is 3.69. The molecule has 0 aliphatic rings. The Balaban J connectivity index is 3.92. The first-order valence-electron chi connectivity index (χ1n) is 11.0. The van der Waals surface area contributed by atoms with Gasteiger partial charge in [-0.15, -0.1) is 0 Å². The van der Waals surface area contributed by atoms with E-state index in [0.717, 1.165) is 19.3 Å². The van der Waals surface area contributed by atoms with Gasteiger partial charge >= 0.3 is 5.97 Å². The van der Waals surface area contributed by atoms with Gasteiger partial charge in [0.15, 0.2) is 6.10 Å². The lowest BCUT2D eigenvalue weighted by Crippen LogP contribution is -2.49. The Bertz CT molecular complexity index is 424. The average molecular weight is 384 g/mol. The van der Waals surface area contributed by atoms with Gasteiger partial charge < -0.3 is 10.1 Å². The van der Waals surface area contributed by atoms with Crippen molar-refractivity contribution >= 4 is 11.9 Å². The first-order chi connectivity index (χ1) is 12.5. The van der Waals surface area contributed by atoms with Gasteiger partial charge in [-0.1, -0.05) is 79.1 Å². The molecule has 0 aromatic rings. The highest BCUT2D eigenvalue weighted by Gasteiger charge is 2.29. The summed E-state index contributed by atoms with van der Waals surface area (Å²) in [7, 11) is 0. The molecule has 27 heavy (non-hydrogen) atoms. The number of hydrogen-bond acceptors (Lipinski definition) is 3. The molecular formula is C23H45NO3. The van der Waals surface area contributed by atoms with Crippen LogP contribution in [0, 0.1) is 5.41 Å². The highest BCUT2D eigenvalue weighted by molar-refractivity contribution is 5.83. The average Bonchev–Trinajstić information content (AvgIpc) is 2.50. The van der Waals surface area contributed by atoms with Crippen LogP contribution in [0.15, 0.2) is 0 Å². The van der Waals surface area contributed by atoms with Crippen molar-refractivity contribution in [2.75, 3.05) is 0 Å². The highest BCUT2D eigenvalue weighted by Crippen LogP contribution is 2.26. The van der Waals surface area contributed by atoms with E-state index in [-0.39, 0.29) is 22.8 Å². The monoisotopic (exact) mass is 383 g/mol. The number of hydrogen-bond donors (Lipinski definition) is 1. The normalized spacial score (nSPS) is 13.3. The van der Waals surface area contributed by atoms with Crippen LogP contribution in [-0.2, 0) is 14.3 Å². The van der Waals surface area contributed by atoms with Crippen LogP contribution in [0.1, 0.15) is 119 Å². The summed E-state index contributed by atoms with van der Waals surface area (Å²) in [5.41, 5.74) is -0.209. The van der Waals surface area contributed by atoms with Crippen LogP contribution in [0.5, 0.6) is 0 Å². The minimum absolute atomic E-state index is 0.118. The second kappa shape index (κ2) is 13.2. The molecule has 0 spiro atoms. The number of rotatable bonds is 14. The number of esters is 1. The van der Waals surface area contributed by atoms with E-state index < -0.39 is 6.10 Å². The molecule has 0 bridgehead atoms. The number of ether oxygens (including phenoxy) is 1. The van der Waals surface area contributed by atoms with Gasteiger partial charge in [0.25, 0.3) is 5.91 Å². The van der Waals surface area contributed by atoms with Crippen LogP contribution in [0.3, 0.4) is 0 Å². The van der Waals surface area contributed by atoms with Crippen molar-refractivity contribution in [1.29, 1.82) is 0 Å². The van der Waals surface area contributed by atoms with Gasteiger partial charge in [-0.25, -0.2) is 0 Å². The van der Waals surface area contributed by atoms with E-state index in [0.29, 0.717) is 6.42 Å². The fraction of sp³-hybridized carbons (Fsp3) is 0.913. The van der Waals surface area contributed by atoms with Crippen molar-refractivity contribution in [3.8, 4) is 0 Å². The molecule has 0 fully saturated rings. The maximum Gasteiger partial charge on any atom is 0.306 e. The van der Waals surface area contributed by atoms with E-state index in [2.05, 4.69) is 33.0 Å². The van der Waals surface area contributed by atoms with Crippen LogP contribution in [0.25, 0.3) is 0 Å². The van der Waals surface area contributed by atoms with E-state index >= 15 is 0 Å². The molecule has 1 unspecified atom stereocenters. The topological polar surface area (TPSA) is 55.4 Å². The van der Waals surface area contributed by atoms with Crippen LogP contribution < -0.4 is 5.32 Å². The summed E-state index contributed by atoms with van der Waals surface area (Å²) in [6.45, 7) is 14.3. The van der Waals surface area contributed by atoms with Crippen LogP contribution in [-0.4, -0.2) is 23.5 Å². The molecule has 0 rings (SSSR count). The zero-order chi connectivity index (χ0) is 20.9. The van der Waals surface area contributed by atoms with E-state index in [1.165, 1.54) is 44.9 Å². The van der Waals surface area contributed by atoms with E-state index in [4.69, 9.17) is 4.74 Å². The van der Waals surface area contributed by atoms with Crippen molar-refractivity contribution < 1.29 is 14.3 Å². The molecule has 0 aromatic carbocycles. The van der Waals surface area contributed by atoms with E-state index in [1.807, 2.05) is 13.8 Å². The number of amides is 1. The summed E-state index contributed by atoms with van der Waals surface area (Å²) in [4.78, 5) is 24.3. The second-order valence-corrected chi connectivity index (χ2v) is 9.82. The standard InChI is InChI=1S/C23H45NO3/c1-8-9-10-11-12-13-14-15-16-17-20(25)27-19(2)21(26)24-23(6,7)18-22(3,4)5/h19H,8-18H2,1-7H3,(H,24,26). The summed E-state index contributed by atoms with van der Waals surface area (Å²) in [5.74, 6) is -0.487. The van der Waals surface area contributed by atoms with Gasteiger partial charge in [-0.3, -0.25) is 9.59 Å². The third-order valence-electron chi connectivity index (χ3n) is 4.60. The minimum Gasteiger partial charge on any atom is -0.453 e. The zero-order valence-electron chi connectivity index (χ0n) is 19.1. The molecule has 0 heterocycles. The Morgan fingerprint density at radius 2 is 1.33 bits per heavy atom. The Hall–Kier alpha value is -1.06. The molecule has 0 aliphatic heterocycles. The van der Waals surface area contributed by atoms with Gasteiger partial charge in [-0.2, -0.15) is 0 Å². The van der Waals surface area contributed by atoms with Crippen molar-refractivity contribution in [3.05, 3.63) is 0 Å². The second-order valence-electron chi connectivity index (χ2n) is 9.82. The Kier molecular flexibility index (Phi) is 12.7. The number of carbonyl (C=O) groups excluding carboxylic acids is 2. The molecule has 1 atom stereocenters. The van der Waals surface area contributed by atoms with Crippen molar-refractivity contribution in [2.45, 2.75) is 131 Å². The fourth-order valence-electron chi connectivity index (χ4n) is 3.69. The van der Waals surface area contributed by atoms with Crippen LogP contribution in [0.2, 0.25) is 0 Å². The quantitative estimate of drug-likeness (QED) is 0.288. The molecule has 160 valence electrons. The van der Waals surface area contributed by atoms with Gasteiger partial charge in [0.2, 0.25) is 0 Å². The van der Waals surface area contributed by atoms with Crippen LogP contribution in [0.4, 0.5) is 0 Å². The predicted molar refractivity (Wildman–Crippen MR) is 114 cm³/mol. The third-order valence-corrected chi connectivity index (χ3v) is 4.60. The maximum absolute atomic E-state index is 12.3. The zero-order valence-corrected chi connectivity index (χ0v) is 19.1. The van der Waals surface area contributed by atoms with E-state index in [1.54, 1.807) is 6.92 Å². The molecule has 4 nitrogen and oxygen atoms in total. The minimum atomic E-state index is -0.740. The molecule has 1 amide bonds. The Morgan fingerprint density at radius 1 is 0.852 bits per heavy atom. The maximum atomic E-state index is 12.3. The third kappa shape index (κ3) is 15.7. The molecule has 0 saturated carbocycles. The summed E-state index contributed by atoms with van der Waals surface area (Å²) < 4.78 is 5.31. The predicted octanol–water partition coefficient (Wildman–Crippen LogP) is 6.17. The number of nitrogens with one attached hydrogen (secondary N) is 1. The van der Waals surface area contributed by atoms with E-state index in [9.17, 15) is 9.59 Å². The first-order valence-corrected chi connectivity index (χ1v) is 11.0. The van der Waals surface area contributed by atoms with Crippen molar-refractivity contribution in [3.63, 3.8) is 0 Å². The molecule has 1 N–H and O–H groups in total. The molecule has 0 aromatic heterocycles. The molecular weight excluding hydrogens is 338 g/mol. The lowest BCUT2D eigenvalue weighted by atomic mass is 9.81. The lowest BCUT2D eigenvalue weighted by molar-refractivity contribution is -0.155. The first kappa shape index (κ1) is 25.9. The molecule has 0 radical (unpaired) electrons. The van der Waals surface area contributed by atoms with Gasteiger partial charge in [0.05, 0.1) is 0 Å². The number of unbranched alkanes of at least 4 members (excludes halogenated alkanes) is 8. The highest BCUT2D eigenvalue weighted by atomic mass is 16.5. The van der Waals surface area contributed by atoms with Gasteiger partial charge in [0, 0.05) is 12.0 Å². The summed E-state index contributed by atoms with van der Waals surface area (Å²) in [6, 6.07) is 0. The summed E-state index contributed by atoms with van der Waals surface area (Å²) in [5, 5.41) is 3.01. The lowest BCUT2D eigenvalue weighted by Gasteiger charge is -2.34. The van der Waals surface area contributed by atoms with Gasteiger partial charge in [0.1, 0.15) is 0 Å². The van der Waals surface area contributed by atoms with Gasteiger partial charge in [-0.05, 0) is 39.0 Å². The largest absolute Gasteiger partial charge is 0.453 e. The Morgan fingerprint density at radius 3 is 1.81 bits per heavy atom. The SMILES string of the molecule is CCCCCCCCCCCC(=O)OC(C)C(=O)NC(C)(C)CC(C)(C)C. The van der Waals surface area contributed by atoms with Crippen LogP contribution >= 0.6 is 0 Å². The molecule has 0 aliphatic carbocycles. The van der Waals surface area contributed by atoms with Crippen molar-refractivity contribution in [2.24, 2.45) is 5.41 Å².